The van der Waals surface area contributed by atoms with Crippen molar-refractivity contribution in [1.29, 1.82) is 0 Å². The third-order valence-electron chi connectivity index (χ3n) is 5.55. The van der Waals surface area contributed by atoms with Crippen LogP contribution in [0.2, 0.25) is 0 Å². The lowest BCUT2D eigenvalue weighted by atomic mass is 9.99. The van der Waals surface area contributed by atoms with Crippen molar-refractivity contribution in [3.63, 3.8) is 0 Å². The van der Waals surface area contributed by atoms with Crippen LogP contribution in [0.15, 0.2) is 48.5 Å². The summed E-state index contributed by atoms with van der Waals surface area (Å²) >= 11 is 4.36. The molecule has 0 atom stereocenters. The van der Waals surface area contributed by atoms with Gasteiger partial charge < -0.3 is 9.47 Å². The first-order valence-electron chi connectivity index (χ1n) is 10.9. The highest BCUT2D eigenvalue weighted by atomic mass is 32.1. The molecule has 33 heavy (non-hydrogen) atoms. The minimum Gasteiger partial charge on any atom is -0.434 e. The van der Waals surface area contributed by atoms with Gasteiger partial charge in [-0.15, -0.1) is 0 Å². The number of fused-ring (bicyclic) bond motifs is 2. The van der Waals surface area contributed by atoms with Crippen molar-refractivity contribution in [1.82, 2.24) is 0 Å². The van der Waals surface area contributed by atoms with Gasteiger partial charge in [-0.05, 0) is 48.1 Å². The largest absolute Gasteiger partial charge is 0.513 e. The molecule has 0 unspecified atom stereocenters. The van der Waals surface area contributed by atoms with Crippen molar-refractivity contribution < 1.29 is 23.9 Å². The van der Waals surface area contributed by atoms with E-state index in [0.717, 1.165) is 21.6 Å². The molecule has 0 spiro atoms. The third-order valence-corrected chi connectivity index (χ3v) is 5.91. The second-order valence-electron chi connectivity index (χ2n) is 8.26. The van der Waals surface area contributed by atoms with Gasteiger partial charge >= 0.3 is 6.16 Å². The van der Waals surface area contributed by atoms with E-state index in [1.165, 1.54) is 0 Å². The predicted octanol–water partition coefficient (Wildman–Crippen LogP) is 5.76. The molecule has 0 N–H and O–H groups in total. The molecule has 0 bridgehead atoms. The monoisotopic (exact) mass is 463 g/mol. The quantitative estimate of drug-likeness (QED) is 0.286. The van der Waals surface area contributed by atoms with Crippen LogP contribution < -0.4 is 9.64 Å². The number of rotatable bonds is 6. The van der Waals surface area contributed by atoms with Crippen molar-refractivity contribution in [3.05, 3.63) is 70.8 Å². The first kappa shape index (κ1) is 22.9. The van der Waals surface area contributed by atoms with Gasteiger partial charge in [0.05, 0.1) is 23.4 Å². The second kappa shape index (κ2) is 9.27. The molecule has 0 fully saturated rings. The van der Waals surface area contributed by atoms with E-state index in [1.807, 2.05) is 24.3 Å². The summed E-state index contributed by atoms with van der Waals surface area (Å²) in [6.45, 7) is 5.92. The lowest BCUT2D eigenvalue weighted by molar-refractivity contribution is 0.0915. The number of nitrogens with zero attached hydrogens (tertiary/aromatic N) is 1. The summed E-state index contributed by atoms with van der Waals surface area (Å²) in [5.74, 6) is 0.0238. The maximum Gasteiger partial charge on any atom is 0.513 e. The molecular weight excluding hydrogens is 438 g/mol. The number of ether oxygens (including phenoxy) is 2. The summed E-state index contributed by atoms with van der Waals surface area (Å²) < 4.78 is 10.7. The fourth-order valence-electron chi connectivity index (χ4n) is 4.15. The Bertz CT molecular complexity index is 1180. The van der Waals surface area contributed by atoms with Crippen molar-refractivity contribution in [3.8, 4) is 16.9 Å². The molecule has 170 valence electrons. The zero-order valence-electron chi connectivity index (χ0n) is 18.8. The van der Waals surface area contributed by atoms with E-state index >= 15 is 0 Å². The molecule has 0 aromatic heterocycles. The normalized spacial score (nSPS) is 13.1. The molecule has 0 radical (unpaired) electrons. The van der Waals surface area contributed by atoms with Gasteiger partial charge in [0.15, 0.2) is 5.75 Å². The van der Waals surface area contributed by atoms with E-state index in [9.17, 15) is 14.4 Å². The van der Waals surface area contributed by atoms with Crippen LogP contribution in [-0.2, 0) is 16.9 Å². The topological polar surface area (TPSA) is 72.9 Å². The SMILES string of the molecule is CCOC(=O)Oc1c2ccc(CS)ccc-2c(CC(C)C)c1N1C(=O)c2ccccc2C1=O. The van der Waals surface area contributed by atoms with E-state index in [1.54, 1.807) is 31.2 Å². The van der Waals surface area contributed by atoms with E-state index < -0.39 is 18.0 Å². The molecule has 6 nitrogen and oxygen atoms in total. The van der Waals surface area contributed by atoms with Crippen molar-refractivity contribution in [2.45, 2.75) is 32.9 Å². The van der Waals surface area contributed by atoms with Crippen LogP contribution >= 0.6 is 12.6 Å². The lowest BCUT2D eigenvalue weighted by Gasteiger charge is -2.18. The number of carbonyl (C=O) groups is 3. The number of imide groups is 1. The molecule has 7 heteroatoms. The summed E-state index contributed by atoms with van der Waals surface area (Å²) in [5, 5.41) is 0. The summed E-state index contributed by atoms with van der Waals surface area (Å²) in [7, 11) is 0. The zero-order valence-corrected chi connectivity index (χ0v) is 19.6. The van der Waals surface area contributed by atoms with Crippen LogP contribution in [0.5, 0.6) is 5.75 Å². The highest BCUT2D eigenvalue weighted by Crippen LogP contribution is 2.51. The number of hydrogen-bond acceptors (Lipinski definition) is 6. The van der Waals surface area contributed by atoms with E-state index in [0.29, 0.717) is 34.6 Å². The number of hydrogen-bond donors (Lipinski definition) is 1. The van der Waals surface area contributed by atoms with Crippen LogP contribution in [0.25, 0.3) is 11.1 Å². The van der Waals surface area contributed by atoms with Crippen LogP contribution in [0.4, 0.5) is 10.5 Å². The van der Waals surface area contributed by atoms with Crippen LogP contribution in [0, 0.1) is 5.92 Å². The standard InChI is InChI=1S/C26H25NO5S/c1-4-31-26(30)32-23-18-12-10-16(14-33)9-11-17(18)21(13-15(2)3)22(23)27-24(28)19-7-5-6-8-20(19)25(27)29/h5-12,15,33H,4,13-14H2,1-3H3. The Kier molecular flexibility index (Phi) is 6.42. The van der Waals surface area contributed by atoms with Gasteiger partial charge in [-0.1, -0.05) is 50.2 Å². The third kappa shape index (κ3) is 4.09. The molecule has 3 aliphatic rings. The van der Waals surface area contributed by atoms with Gasteiger partial charge in [0.1, 0.15) is 0 Å². The van der Waals surface area contributed by atoms with Gasteiger partial charge in [-0.25, -0.2) is 9.69 Å². The Morgan fingerprint density at radius 3 is 2.09 bits per heavy atom. The molecule has 2 aliphatic carbocycles. The van der Waals surface area contributed by atoms with Crippen LogP contribution in [0.1, 0.15) is 52.6 Å². The minimum absolute atomic E-state index is 0.135. The molecular formula is C26H25NO5S. The highest BCUT2D eigenvalue weighted by Gasteiger charge is 2.42. The van der Waals surface area contributed by atoms with Gasteiger partial charge in [-0.2, -0.15) is 12.6 Å². The van der Waals surface area contributed by atoms with Gasteiger partial charge in [0, 0.05) is 11.3 Å². The number of amides is 2. The first-order chi connectivity index (χ1) is 15.9. The Morgan fingerprint density at radius 1 is 0.939 bits per heavy atom. The predicted molar refractivity (Wildman–Crippen MR) is 130 cm³/mol. The minimum atomic E-state index is -0.890. The second-order valence-corrected chi connectivity index (χ2v) is 8.57. The fraction of sp³-hybridized carbons (Fsp3) is 0.269. The van der Waals surface area contributed by atoms with Crippen molar-refractivity contribution >= 4 is 36.3 Å². The fourth-order valence-corrected chi connectivity index (χ4v) is 4.36. The summed E-state index contributed by atoms with van der Waals surface area (Å²) in [6.07, 6.45) is -0.315. The maximum atomic E-state index is 13.4. The van der Waals surface area contributed by atoms with E-state index in [-0.39, 0.29) is 18.3 Å². The van der Waals surface area contributed by atoms with Crippen LogP contribution in [0.3, 0.4) is 0 Å². The number of thiol groups is 1. The lowest BCUT2D eigenvalue weighted by Crippen LogP contribution is -2.30. The average molecular weight is 464 g/mol. The van der Waals surface area contributed by atoms with Crippen molar-refractivity contribution in [2.75, 3.05) is 11.5 Å². The van der Waals surface area contributed by atoms with Gasteiger partial charge in [0.2, 0.25) is 0 Å². The number of benzene rings is 1. The molecule has 2 amide bonds. The summed E-state index contributed by atoms with van der Waals surface area (Å²) in [6, 6.07) is 14.3. The van der Waals surface area contributed by atoms with Crippen LogP contribution in [-0.4, -0.2) is 24.6 Å². The summed E-state index contributed by atoms with van der Waals surface area (Å²) in [5.41, 5.74) is 4.14. The highest BCUT2D eigenvalue weighted by molar-refractivity contribution is 7.79. The molecule has 0 saturated carbocycles. The Labute approximate surface area is 198 Å². The van der Waals surface area contributed by atoms with Gasteiger partial charge in [-0.3, -0.25) is 9.59 Å². The Hall–Kier alpha value is -3.32. The Balaban J connectivity index is 2.00. The Morgan fingerprint density at radius 2 is 1.55 bits per heavy atom. The molecule has 1 heterocycles. The first-order valence-corrected chi connectivity index (χ1v) is 11.5. The molecule has 1 aromatic rings. The molecule has 1 aliphatic heterocycles. The van der Waals surface area contributed by atoms with Crippen molar-refractivity contribution in [2.24, 2.45) is 5.92 Å². The molecule has 1 aromatic carbocycles. The molecule has 4 rings (SSSR count). The number of anilines is 1. The zero-order chi connectivity index (χ0) is 23.7. The smallest absolute Gasteiger partial charge is 0.434 e. The maximum absolute atomic E-state index is 13.4. The van der Waals surface area contributed by atoms with Gasteiger partial charge in [0.25, 0.3) is 11.8 Å². The van der Waals surface area contributed by atoms with E-state index in [2.05, 4.69) is 26.5 Å². The average Bonchev–Trinajstić information content (AvgIpc) is 3.08. The number of carbonyl (C=O) groups excluding carboxylic acids is 3. The molecule has 0 saturated heterocycles. The summed E-state index contributed by atoms with van der Waals surface area (Å²) in [4.78, 5) is 40.3. The van der Waals surface area contributed by atoms with E-state index in [4.69, 9.17) is 9.47 Å².